The first kappa shape index (κ1) is 21.4. The van der Waals surface area contributed by atoms with Crippen LogP contribution >= 0.6 is 0 Å². The molecule has 3 rings (SSSR count). The highest BCUT2D eigenvalue weighted by atomic mass is 16.5. The van der Waals surface area contributed by atoms with Crippen LogP contribution in [0.3, 0.4) is 0 Å². The van der Waals surface area contributed by atoms with Crippen LogP contribution in [0.5, 0.6) is 11.6 Å². The van der Waals surface area contributed by atoms with Gasteiger partial charge in [-0.15, -0.1) is 5.10 Å². The smallest absolute Gasteiger partial charge is 0.290 e. The first-order valence-electron chi connectivity index (χ1n) is 9.81. The number of hydrogen-bond acceptors (Lipinski definition) is 7. The Morgan fingerprint density at radius 2 is 2.00 bits per heavy atom. The molecule has 3 aromatic heterocycles. The Hall–Kier alpha value is -3.36. The van der Waals surface area contributed by atoms with E-state index in [2.05, 4.69) is 27.4 Å². The molecule has 0 aromatic carbocycles. The Morgan fingerprint density at radius 1 is 1.20 bits per heavy atom. The van der Waals surface area contributed by atoms with Crippen LogP contribution < -0.4 is 20.3 Å². The van der Waals surface area contributed by atoms with Crippen molar-refractivity contribution >= 4 is 5.69 Å². The molecule has 3 heterocycles. The molecule has 9 nitrogen and oxygen atoms in total. The van der Waals surface area contributed by atoms with E-state index in [1.54, 1.807) is 37.3 Å². The highest BCUT2D eigenvalue weighted by Gasteiger charge is 2.12. The molecule has 0 radical (unpaired) electrons. The normalized spacial score (nSPS) is 11.9. The van der Waals surface area contributed by atoms with Gasteiger partial charge >= 0.3 is 0 Å². The molecule has 0 fully saturated rings. The zero-order chi connectivity index (χ0) is 21.7. The van der Waals surface area contributed by atoms with Crippen molar-refractivity contribution in [3.63, 3.8) is 0 Å². The summed E-state index contributed by atoms with van der Waals surface area (Å²) in [5.74, 6) is 1.35. The third kappa shape index (κ3) is 4.97. The fraction of sp³-hybridized carbons (Fsp3) is 0.429. The molecule has 9 heteroatoms. The van der Waals surface area contributed by atoms with Gasteiger partial charge in [0.1, 0.15) is 11.4 Å². The molecule has 0 amide bonds. The van der Waals surface area contributed by atoms with E-state index in [1.807, 2.05) is 26.1 Å². The molecule has 0 aliphatic rings. The summed E-state index contributed by atoms with van der Waals surface area (Å²) in [5.41, 5.74) is 3.28. The van der Waals surface area contributed by atoms with E-state index >= 15 is 0 Å². The van der Waals surface area contributed by atoms with Gasteiger partial charge in [-0.2, -0.15) is 5.10 Å². The number of anilines is 1. The molecule has 1 atom stereocenters. The Morgan fingerprint density at radius 3 is 2.63 bits per heavy atom. The summed E-state index contributed by atoms with van der Waals surface area (Å²) in [6.07, 6.45) is 4.28. The number of aryl methyl sites for hydroxylation is 3. The van der Waals surface area contributed by atoms with Gasteiger partial charge in [-0.05, 0) is 31.0 Å². The van der Waals surface area contributed by atoms with Crippen LogP contribution in [0, 0.1) is 6.92 Å². The molecule has 0 unspecified atom stereocenters. The highest BCUT2D eigenvalue weighted by molar-refractivity contribution is 5.44. The molecule has 0 saturated heterocycles. The molecule has 160 valence electrons. The average molecular weight is 412 g/mol. The van der Waals surface area contributed by atoms with Crippen molar-refractivity contribution in [2.45, 2.75) is 32.7 Å². The number of aromatic nitrogens is 5. The fourth-order valence-corrected chi connectivity index (χ4v) is 3.08. The maximum absolute atomic E-state index is 12.4. The maximum atomic E-state index is 12.4. The minimum atomic E-state index is -0.210. The van der Waals surface area contributed by atoms with Gasteiger partial charge in [-0.1, -0.05) is 6.92 Å². The Labute approximate surface area is 175 Å². The second-order valence-electron chi connectivity index (χ2n) is 7.24. The first-order valence-corrected chi connectivity index (χ1v) is 9.81. The Kier molecular flexibility index (Phi) is 6.71. The molecular formula is C21H28N6O3. The molecule has 0 saturated carbocycles. The second kappa shape index (κ2) is 9.43. The monoisotopic (exact) mass is 412 g/mol. The molecule has 0 aliphatic heterocycles. The predicted octanol–water partition coefficient (Wildman–Crippen LogP) is 2.41. The van der Waals surface area contributed by atoms with Crippen molar-refractivity contribution < 1.29 is 9.47 Å². The van der Waals surface area contributed by atoms with Crippen molar-refractivity contribution in [2.75, 3.05) is 19.0 Å². The lowest BCUT2D eigenvalue weighted by atomic mass is 10.0. The quantitative estimate of drug-likeness (QED) is 0.576. The van der Waals surface area contributed by atoms with Gasteiger partial charge in [0, 0.05) is 31.8 Å². The van der Waals surface area contributed by atoms with Crippen LogP contribution in [0.1, 0.15) is 36.2 Å². The lowest BCUT2D eigenvalue weighted by Crippen LogP contribution is -2.24. The summed E-state index contributed by atoms with van der Waals surface area (Å²) in [6.45, 7) is 5.03. The number of rotatable bonds is 9. The van der Waals surface area contributed by atoms with E-state index < -0.39 is 0 Å². The van der Waals surface area contributed by atoms with Crippen molar-refractivity contribution in [2.24, 2.45) is 14.1 Å². The summed E-state index contributed by atoms with van der Waals surface area (Å²) >= 11 is 0. The zero-order valence-electron chi connectivity index (χ0n) is 18.0. The molecule has 30 heavy (non-hydrogen) atoms. The maximum Gasteiger partial charge on any atom is 0.290 e. The summed E-state index contributed by atoms with van der Waals surface area (Å²) in [5, 5.41) is 11.6. The lowest BCUT2D eigenvalue weighted by molar-refractivity contribution is 0.281. The van der Waals surface area contributed by atoms with Gasteiger partial charge in [-0.3, -0.25) is 14.5 Å². The minimum Gasteiger partial charge on any atom is -0.495 e. The number of pyridine rings is 1. The van der Waals surface area contributed by atoms with Gasteiger partial charge in [0.05, 0.1) is 38.3 Å². The van der Waals surface area contributed by atoms with Gasteiger partial charge in [0.25, 0.3) is 5.56 Å². The van der Waals surface area contributed by atoms with Gasteiger partial charge < -0.3 is 14.8 Å². The van der Waals surface area contributed by atoms with Crippen LogP contribution in [0.15, 0.2) is 35.4 Å². The van der Waals surface area contributed by atoms with Gasteiger partial charge in [-0.25, -0.2) is 4.68 Å². The lowest BCUT2D eigenvalue weighted by Gasteiger charge is -2.13. The number of nitrogens with zero attached hydrogens (tertiary/aromatic N) is 5. The average Bonchev–Trinajstić information content (AvgIpc) is 3.06. The third-order valence-corrected chi connectivity index (χ3v) is 5.06. The predicted molar refractivity (Wildman–Crippen MR) is 114 cm³/mol. The third-order valence-electron chi connectivity index (χ3n) is 5.06. The fourth-order valence-electron chi connectivity index (χ4n) is 3.08. The van der Waals surface area contributed by atoms with Crippen molar-refractivity contribution in [1.29, 1.82) is 0 Å². The van der Waals surface area contributed by atoms with Crippen LogP contribution in [0.2, 0.25) is 0 Å². The summed E-state index contributed by atoms with van der Waals surface area (Å²) < 4.78 is 14.0. The summed E-state index contributed by atoms with van der Waals surface area (Å²) in [7, 11) is 5.11. The molecule has 0 spiro atoms. The molecule has 3 aromatic rings. The van der Waals surface area contributed by atoms with Crippen LogP contribution in [0.4, 0.5) is 5.69 Å². The van der Waals surface area contributed by atoms with E-state index in [9.17, 15) is 4.79 Å². The summed E-state index contributed by atoms with van der Waals surface area (Å²) in [6, 6.07) is 5.50. The van der Waals surface area contributed by atoms with Crippen molar-refractivity contribution in [1.82, 2.24) is 24.5 Å². The van der Waals surface area contributed by atoms with E-state index in [0.29, 0.717) is 24.7 Å². The largest absolute Gasteiger partial charge is 0.495 e. The molecular weight excluding hydrogens is 384 g/mol. The second-order valence-corrected chi connectivity index (χ2v) is 7.24. The number of methoxy groups -OCH3 is 1. The Balaban J connectivity index is 1.61. The highest BCUT2D eigenvalue weighted by Crippen LogP contribution is 2.20. The van der Waals surface area contributed by atoms with Crippen LogP contribution in [-0.2, 0) is 20.6 Å². The number of ether oxygens (including phenoxy) is 2. The van der Waals surface area contributed by atoms with Crippen LogP contribution in [-0.4, -0.2) is 38.3 Å². The SMILES string of the molecule is COc1ccc([C@H](C)CCOc2cc(NCc3c(C)cnn3C)c(=O)n(C)n2)nc1. The standard InChI is InChI=1S/C21H28N6O3/c1-14(17-7-6-16(29-5)12-22-17)8-9-30-20-10-18(21(28)27(4)25-20)23-13-19-15(2)11-24-26(19)3/h6-7,10-12,14,23H,8-9,13H2,1-5H3/t14-/m1/s1. The van der Waals surface area contributed by atoms with Gasteiger partial charge in [0.15, 0.2) is 0 Å². The molecule has 0 bridgehead atoms. The number of hydrogen-bond donors (Lipinski definition) is 1. The van der Waals surface area contributed by atoms with Crippen molar-refractivity contribution in [3.8, 4) is 11.6 Å². The van der Waals surface area contributed by atoms with Crippen LogP contribution in [0.25, 0.3) is 0 Å². The van der Waals surface area contributed by atoms with E-state index in [-0.39, 0.29) is 11.5 Å². The summed E-state index contributed by atoms with van der Waals surface area (Å²) in [4.78, 5) is 16.8. The Bertz CT molecular complexity index is 1020. The van der Waals surface area contributed by atoms with Crippen molar-refractivity contribution in [3.05, 3.63) is 57.9 Å². The van der Waals surface area contributed by atoms with E-state index in [4.69, 9.17) is 9.47 Å². The minimum absolute atomic E-state index is 0.210. The van der Waals surface area contributed by atoms with E-state index in [0.717, 1.165) is 29.1 Å². The molecule has 1 N–H and O–H groups in total. The van der Waals surface area contributed by atoms with E-state index in [1.165, 1.54) is 4.68 Å². The zero-order valence-corrected chi connectivity index (χ0v) is 18.0. The topological polar surface area (TPSA) is 96.1 Å². The first-order chi connectivity index (χ1) is 14.4. The number of nitrogens with one attached hydrogen (secondary N) is 1. The molecule has 0 aliphatic carbocycles. The van der Waals surface area contributed by atoms with Gasteiger partial charge in [0.2, 0.25) is 5.88 Å².